The molecule has 1 aliphatic rings. The number of hydrogen-bond donors (Lipinski definition) is 0. The summed E-state index contributed by atoms with van der Waals surface area (Å²) in [6.45, 7) is 4.39. The number of allylic oxidation sites excluding steroid dienone is 2. The molecule has 1 atom stereocenters. The molecule has 0 amide bonds. The van der Waals surface area contributed by atoms with Crippen molar-refractivity contribution in [3.63, 3.8) is 0 Å². The Kier molecular flexibility index (Phi) is 3.07. The highest BCUT2D eigenvalue weighted by Crippen LogP contribution is 2.22. The van der Waals surface area contributed by atoms with Crippen molar-refractivity contribution < 1.29 is 4.79 Å². The van der Waals surface area contributed by atoms with Crippen LogP contribution in [0.25, 0.3) is 0 Å². The van der Waals surface area contributed by atoms with Gasteiger partial charge in [0.05, 0.1) is 12.1 Å². The van der Waals surface area contributed by atoms with Crippen LogP contribution in [0.1, 0.15) is 26.7 Å². The largest absolute Gasteiger partial charge is 0.364 e. The lowest BCUT2D eigenvalue weighted by Crippen LogP contribution is -2.33. The highest BCUT2D eigenvalue weighted by atomic mass is 16.1. The number of rotatable bonds is 2. The maximum atomic E-state index is 11.2. The van der Waals surface area contributed by atoms with Gasteiger partial charge in [-0.1, -0.05) is 0 Å². The van der Waals surface area contributed by atoms with Crippen LogP contribution in [0.15, 0.2) is 11.8 Å². The van der Waals surface area contributed by atoms with Gasteiger partial charge in [-0.2, -0.15) is 5.26 Å². The minimum Gasteiger partial charge on any atom is -0.364 e. The first kappa shape index (κ1) is 9.79. The average Bonchev–Trinajstić information content (AvgIpc) is 2.52. The SMILES string of the molecule is CC(=O)[C@@H]1CCCN1/C(C)=C/C#N. The fraction of sp³-hybridized carbons (Fsp3) is 0.600. The van der Waals surface area contributed by atoms with Crippen molar-refractivity contribution in [3.05, 3.63) is 11.8 Å². The monoisotopic (exact) mass is 178 g/mol. The second kappa shape index (κ2) is 4.08. The number of carbonyl (C=O) groups is 1. The van der Waals surface area contributed by atoms with E-state index in [1.54, 1.807) is 6.92 Å². The van der Waals surface area contributed by atoms with E-state index in [4.69, 9.17) is 5.26 Å². The minimum absolute atomic E-state index is 0.00426. The lowest BCUT2D eigenvalue weighted by atomic mass is 10.1. The molecule has 0 saturated carbocycles. The Morgan fingerprint density at radius 2 is 2.31 bits per heavy atom. The van der Waals surface area contributed by atoms with Crippen molar-refractivity contribution in [3.8, 4) is 6.07 Å². The molecule has 3 nitrogen and oxygen atoms in total. The fourth-order valence-corrected chi connectivity index (χ4v) is 1.79. The summed E-state index contributed by atoms with van der Waals surface area (Å²) in [5.74, 6) is 0.197. The zero-order chi connectivity index (χ0) is 9.84. The van der Waals surface area contributed by atoms with Gasteiger partial charge in [0.25, 0.3) is 0 Å². The van der Waals surface area contributed by atoms with Gasteiger partial charge in [0, 0.05) is 18.3 Å². The molecule has 1 heterocycles. The number of likely N-dealkylation sites (tertiary alicyclic amines) is 1. The lowest BCUT2D eigenvalue weighted by molar-refractivity contribution is -0.120. The molecule has 70 valence electrons. The Hall–Kier alpha value is -1.30. The molecule has 0 N–H and O–H groups in total. The summed E-state index contributed by atoms with van der Waals surface area (Å²) in [6, 6.07) is 1.99. The van der Waals surface area contributed by atoms with E-state index in [0.29, 0.717) is 0 Å². The summed E-state index contributed by atoms with van der Waals surface area (Å²) in [6.07, 6.45) is 3.47. The Labute approximate surface area is 78.6 Å². The quantitative estimate of drug-likeness (QED) is 0.601. The Balaban J connectivity index is 2.75. The first-order valence-corrected chi connectivity index (χ1v) is 4.50. The molecule has 0 unspecified atom stereocenters. The third-order valence-electron chi connectivity index (χ3n) is 2.45. The van der Waals surface area contributed by atoms with E-state index >= 15 is 0 Å². The zero-order valence-electron chi connectivity index (χ0n) is 8.08. The summed E-state index contributed by atoms with van der Waals surface area (Å²) in [7, 11) is 0. The average molecular weight is 178 g/mol. The fourth-order valence-electron chi connectivity index (χ4n) is 1.79. The highest BCUT2D eigenvalue weighted by Gasteiger charge is 2.27. The van der Waals surface area contributed by atoms with E-state index < -0.39 is 0 Å². The molecule has 0 aromatic carbocycles. The van der Waals surface area contributed by atoms with Crippen LogP contribution in [0.4, 0.5) is 0 Å². The molecule has 1 aliphatic heterocycles. The van der Waals surface area contributed by atoms with Crippen LogP contribution in [0.5, 0.6) is 0 Å². The molecule has 1 fully saturated rings. The van der Waals surface area contributed by atoms with Crippen LogP contribution in [0.2, 0.25) is 0 Å². The van der Waals surface area contributed by atoms with Crippen molar-refractivity contribution in [2.75, 3.05) is 6.54 Å². The predicted molar refractivity (Wildman–Crippen MR) is 49.8 cm³/mol. The van der Waals surface area contributed by atoms with Crippen molar-refractivity contribution >= 4 is 5.78 Å². The second-order valence-corrected chi connectivity index (χ2v) is 3.38. The molecular weight excluding hydrogens is 164 g/mol. The van der Waals surface area contributed by atoms with Gasteiger partial charge in [-0.15, -0.1) is 0 Å². The second-order valence-electron chi connectivity index (χ2n) is 3.38. The number of nitrogens with zero attached hydrogens (tertiary/aromatic N) is 2. The summed E-state index contributed by atoms with van der Waals surface area (Å²) in [4.78, 5) is 13.2. The van der Waals surface area contributed by atoms with Crippen LogP contribution in [-0.4, -0.2) is 23.3 Å². The zero-order valence-corrected chi connectivity index (χ0v) is 8.08. The van der Waals surface area contributed by atoms with Crippen molar-refractivity contribution in [2.24, 2.45) is 0 Å². The summed E-state index contributed by atoms with van der Waals surface area (Å²) in [5.41, 5.74) is 0.903. The van der Waals surface area contributed by atoms with E-state index in [1.165, 1.54) is 6.08 Å². The van der Waals surface area contributed by atoms with E-state index in [-0.39, 0.29) is 11.8 Å². The number of nitriles is 1. The molecule has 3 heteroatoms. The molecule has 13 heavy (non-hydrogen) atoms. The number of carbonyl (C=O) groups excluding carboxylic acids is 1. The normalized spacial score (nSPS) is 23.0. The summed E-state index contributed by atoms with van der Waals surface area (Å²) in [5, 5.41) is 8.48. The van der Waals surface area contributed by atoms with Gasteiger partial charge in [-0.05, 0) is 26.7 Å². The van der Waals surface area contributed by atoms with Gasteiger partial charge in [0.2, 0.25) is 0 Å². The molecule has 0 bridgehead atoms. The number of Topliss-reactive ketones (excluding diaryl/α,β-unsaturated/α-hetero) is 1. The van der Waals surface area contributed by atoms with Crippen LogP contribution in [0.3, 0.4) is 0 Å². The van der Waals surface area contributed by atoms with Gasteiger partial charge in [-0.25, -0.2) is 0 Å². The molecular formula is C10H14N2O. The van der Waals surface area contributed by atoms with Gasteiger partial charge in [-0.3, -0.25) is 4.79 Å². The third-order valence-corrected chi connectivity index (χ3v) is 2.45. The third kappa shape index (κ3) is 2.09. The molecule has 0 aromatic heterocycles. The standard InChI is InChI=1S/C10H14N2O/c1-8(5-6-11)12-7-3-4-10(12)9(2)13/h5,10H,3-4,7H2,1-2H3/b8-5+/t10-/m0/s1. The minimum atomic E-state index is 0.00426. The maximum Gasteiger partial charge on any atom is 0.152 e. The van der Waals surface area contributed by atoms with E-state index in [1.807, 2.05) is 17.9 Å². The summed E-state index contributed by atoms with van der Waals surface area (Å²) < 4.78 is 0. The van der Waals surface area contributed by atoms with E-state index in [9.17, 15) is 4.79 Å². The molecule has 0 aliphatic carbocycles. The molecule has 0 radical (unpaired) electrons. The van der Waals surface area contributed by atoms with Crippen LogP contribution >= 0.6 is 0 Å². The van der Waals surface area contributed by atoms with E-state index in [2.05, 4.69) is 0 Å². The van der Waals surface area contributed by atoms with Gasteiger partial charge < -0.3 is 4.90 Å². The maximum absolute atomic E-state index is 11.2. The van der Waals surface area contributed by atoms with Crippen LogP contribution in [0, 0.1) is 11.3 Å². The van der Waals surface area contributed by atoms with E-state index in [0.717, 1.165) is 25.1 Å². The van der Waals surface area contributed by atoms with Gasteiger partial charge >= 0.3 is 0 Å². The Bertz CT molecular complexity index is 275. The number of hydrogen-bond acceptors (Lipinski definition) is 3. The molecule has 0 spiro atoms. The smallest absolute Gasteiger partial charge is 0.152 e. The lowest BCUT2D eigenvalue weighted by Gasteiger charge is -2.24. The Morgan fingerprint density at radius 1 is 1.62 bits per heavy atom. The van der Waals surface area contributed by atoms with Crippen LogP contribution < -0.4 is 0 Å². The first-order chi connectivity index (χ1) is 6.16. The van der Waals surface area contributed by atoms with Gasteiger partial charge in [0.15, 0.2) is 5.78 Å². The van der Waals surface area contributed by atoms with Crippen molar-refractivity contribution in [1.29, 1.82) is 5.26 Å². The summed E-state index contributed by atoms with van der Waals surface area (Å²) >= 11 is 0. The molecule has 1 rings (SSSR count). The topological polar surface area (TPSA) is 44.1 Å². The van der Waals surface area contributed by atoms with Crippen molar-refractivity contribution in [2.45, 2.75) is 32.7 Å². The first-order valence-electron chi connectivity index (χ1n) is 4.50. The molecule has 1 saturated heterocycles. The number of ketones is 1. The molecule has 0 aromatic rings. The van der Waals surface area contributed by atoms with Crippen LogP contribution in [-0.2, 0) is 4.79 Å². The van der Waals surface area contributed by atoms with Crippen molar-refractivity contribution in [1.82, 2.24) is 4.90 Å². The highest BCUT2D eigenvalue weighted by molar-refractivity contribution is 5.82. The Morgan fingerprint density at radius 3 is 2.85 bits per heavy atom. The predicted octanol–water partition coefficient (Wildman–Crippen LogP) is 1.47. The van der Waals surface area contributed by atoms with Gasteiger partial charge in [0.1, 0.15) is 0 Å².